The highest BCUT2D eigenvalue weighted by Gasteiger charge is 2.24. The zero-order valence-electron chi connectivity index (χ0n) is 18.9. The molecular weight excluding hydrogens is 440 g/mol. The minimum atomic E-state index is 0.123. The lowest BCUT2D eigenvalue weighted by atomic mass is 10.1. The maximum absolute atomic E-state index is 9.38. The average molecular weight is 468 g/mol. The van der Waals surface area contributed by atoms with E-state index in [2.05, 4.69) is 76.2 Å². The summed E-state index contributed by atoms with van der Waals surface area (Å²) in [4.78, 5) is 3.59. The Morgan fingerprint density at radius 3 is 2.59 bits per heavy atom. The Kier molecular flexibility index (Phi) is 6.94. The van der Waals surface area contributed by atoms with Gasteiger partial charge in [-0.15, -0.1) is 0 Å². The molecule has 0 saturated heterocycles. The Hall–Kier alpha value is -3.54. The first kappa shape index (κ1) is 22.3. The van der Waals surface area contributed by atoms with Gasteiger partial charge < -0.3 is 14.7 Å². The molecule has 0 radical (unpaired) electrons. The molecular formula is C29H27N2O2S+. The second kappa shape index (κ2) is 10.6. The number of aliphatic hydroxyl groups is 1. The van der Waals surface area contributed by atoms with Gasteiger partial charge in [0.25, 0.3) is 0 Å². The molecule has 4 nitrogen and oxygen atoms in total. The second-order valence-corrected chi connectivity index (χ2v) is 9.01. The third kappa shape index (κ3) is 4.86. The number of fused-ring (bicyclic) bond motifs is 2. The van der Waals surface area contributed by atoms with Crippen LogP contribution in [0.5, 0.6) is 5.75 Å². The first-order chi connectivity index (χ1) is 16.8. The third-order valence-corrected chi connectivity index (χ3v) is 6.91. The van der Waals surface area contributed by atoms with Crippen LogP contribution in [-0.2, 0) is 6.54 Å². The lowest BCUT2D eigenvalue weighted by molar-refractivity contribution is -0.672. The summed E-state index contributed by atoms with van der Waals surface area (Å²) < 4.78 is 8.05. The molecule has 5 heteroatoms. The molecule has 0 bridgehead atoms. The summed E-state index contributed by atoms with van der Waals surface area (Å²) in [6, 6.07) is 28.9. The number of ether oxygens (including phenoxy) is 1. The Balaban J connectivity index is 1.37. The molecule has 3 aromatic carbocycles. The normalized spacial score (nSPS) is 14.3. The van der Waals surface area contributed by atoms with E-state index < -0.39 is 0 Å². The van der Waals surface area contributed by atoms with Crippen molar-refractivity contribution in [2.24, 2.45) is 0 Å². The Morgan fingerprint density at radius 2 is 1.71 bits per heavy atom. The highest BCUT2D eigenvalue weighted by molar-refractivity contribution is 8.03. The van der Waals surface area contributed by atoms with Gasteiger partial charge in [0.15, 0.2) is 12.7 Å². The number of allylic oxidation sites excluding steroid dienone is 2. The largest absolute Gasteiger partial charge is 0.492 e. The summed E-state index contributed by atoms with van der Waals surface area (Å²) in [5, 5.41) is 11.7. The van der Waals surface area contributed by atoms with Crippen LogP contribution in [0.3, 0.4) is 0 Å². The molecule has 1 aliphatic rings. The van der Waals surface area contributed by atoms with E-state index in [4.69, 9.17) is 4.74 Å². The second-order valence-electron chi connectivity index (χ2n) is 7.95. The molecule has 1 N–H and O–H groups in total. The molecule has 0 atom stereocenters. The van der Waals surface area contributed by atoms with Crippen LogP contribution in [0.15, 0.2) is 113 Å². The molecule has 0 aliphatic carbocycles. The molecule has 0 saturated carbocycles. The predicted molar refractivity (Wildman–Crippen MR) is 140 cm³/mol. The monoisotopic (exact) mass is 467 g/mol. The average Bonchev–Trinajstić information content (AvgIpc) is 3.23. The fraction of sp³-hybridized carbons (Fsp3) is 0.138. The minimum Gasteiger partial charge on any atom is -0.492 e. The van der Waals surface area contributed by atoms with E-state index in [-0.39, 0.29) is 6.61 Å². The van der Waals surface area contributed by atoms with Crippen molar-refractivity contribution in [3.05, 3.63) is 114 Å². The van der Waals surface area contributed by atoms with Crippen molar-refractivity contribution < 1.29 is 14.4 Å². The lowest BCUT2D eigenvalue weighted by Crippen LogP contribution is -2.36. The van der Waals surface area contributed by atoms with Crippen molar-refractivity contribution in [1.29, 1.82) is 0 Å². The smallest absolute Gasteiger partial charge is 0.213 e. The van der Waals surface area contributed by atoms with Crippen molar-refractivity contribution in [2.45, 2.75) is 11.4 Å². The third-order valence-electron chi connectivity index (χ3n) is 5.78. The molecule has 5 rings (SSSR count). The van der Waals surface area contributed by atoms with Gasteiger partial charge in [-0.05, 0) is 42.0 Å². The molecule has 0 fully saturated rings. The number of pyridine rings is 1. The molecule has 1 aromatic heterocycles. The molecule has 34 heavy (non-hydrogen) atoms. The highest BCUT2D eigenvalue weighted by Crippen LogP contribution is 2.45. The minimum absolute atomic E-state index is 0.123. The van der Waals surface area contributed by atoms with Crippen LogP contribution in [0, 0.1) is 0 Å². The number of anilines is 1. The summed E-state index contributed by atoms with van der Waals surface area (Å²) in [6.07, 6.45) is 8.49. The van der Waals surface area contributed by atoms with Crippen LogP contribution in [0.25, 0.3) is 17.0 Å². The van der Waals surface area contributed by atoms with Crippen LogP contribution >= 0.6 is 11.8 Å². The lowest BCUT2D eigenvalue weighted by Gasteiger charge is -2.20. The number of hydrogen-bond acceptors (Lipinski definition) is 4. The first-order valence-electron chi connectivity index (χ1n) is 11.5. The molecule has 4 aromatic rings. The number of nitrogens with zero attached hydrogens (tertiary/aromatic N) is 2. The number of benzene rings is 3. The van der Waals surface area contributed by atoms with E-state index in [0.717, 1.165) is 23.4 Å². The number of thioether (sulfide) groups is 1. The topological polar surface area (TPSA) is 36.6 Å². The van der Waals surface area contributed by atoms with Crippen LogP contribution in [0.4, 0.5) is 5.69 Å². The fourth-order valence-electron chi connectivity index (χ4n) is 4.17. The number of aromatic nitrogens is 1. The highest BCUT2D eigenvalue weighted by atomic mass is 32.2. The van der Waals surface area contributed by atoms with Crippen molar-refractivity contribution in [1.82, 2.24) is 0 Å². The van der Waals surface area contributed by atoms with Crippen molar-refractivity contribution in [3.63, 3.8) is 0 Å². The predicted octanol–water partition coefficient (Wildman–Crippen LogP) is 5.67. The van der Waals surface area contributed by atoms with Gasteiger partial charge in [0.05, 0.1) is 22.6 Å². The van der Waals surface area contributed by atoms with Gasteiger partial charge in [-0.1, -0.05) is 66.4 Å². The van der Waals surface area contributed by atoms with Crippen LogP contribution in [0.1, 0.15) is 5.56 Å². The number of para-hydroxylation sites is 3. The summed E-state index contributed by atoms with van der Waals surface area (Å²) >= 11 is 1.79. The summed E-state index contributed by atoms with van der Waals surface area (Å²) in [6.45, 7) is 2.09. The van der Waals surface area contributed by atoms with Crippen molar-refractivity contribution in [3.8, 4) is 5.75 Å². The van der Waals surface area contributed by atoms with Gasteiger partial charge in [-0.3, -0.25) is 0 Å². The fourth-order valence-corrected chi connectivity index (χ4v) is 5.27. The molecule has 2 heterocycles. The SMILES string of the molecule is OCC[n+]1ccc(/C=C/C=C2\Sc3ccccc3N2CCOc2ccccc2)c2ccccc21. The number of hydrogen-bond donors (Lipinski definition) is 1. The van der Waals surface area contributed by atoms with E-state index in [1.165, 1.54) is 21.0 Å². The van der Waals surface area contributed by atoms with E-state index in [9.17, 15) is 5.11 Å². The molecule has 170 valence electrons. The number of aliphatic hydroxyl groups excluding tert-OH is 1. The summed E-state index contributed by atoms with van der Waals surface area (Å²) in [7, 11) is 0. The van der Waals surface area contributed by atoms with Crippen molar-refractivity contribution in [2.75, 3.05) is 24.7 Å². The van der Waals surface area contributed by atoms with Crippen LogP contribution in [0.2, 0.25) is 0 Å². The Bertz CT molecular complexity index is 1330. The first-order valence-corrected chi connectivity index (χ1v) is 12.3. The quantitative estimate of drug-likeness (QED) is 0.339. The number of rotatable bonds is 8. The van der Waals surface area contributed by atoms with Crippen LogP contribution < -0.4 is 14.2 Å². The Morgan fingerprint density at radius 1 is 0.912 bits per heavy atom. The summed E-state index contributed by atoms with van der Waals surface area (Å²) in [5.74, 6) is 0.891. The molecule has 0 spiro atoms. The van der Waals surface area contributed by atoms with E-state index in [1.807, 2.05) is 42.6 Å². The van der Waals surface area contributed by atoms with E-state index in [0.29, 0.717) is 13.2 Å². The summed E-state index contributed by atoms with van der Waals surface area (Å²) in [5.41, 5.74) is 3.49. The zero-order chi connectivity index (χ0) is 23.2. The van der Waals surface area contributed by atoms with Gasteiger partial charge >= 0.3 is 0 Å². The molecule has 1 aliphatic heterocycles. The molecule has 0 unspecified atom stereocenters. The standard InChI is InChI=1S/C29H27N2O2S/c32-21-19-30-18-17-23(25-12-4-5-13-26(25)30)9-8-16-29-31(27-14-6-7-15-28(27)34-29)20-22-33-24-10-2-1-3-11-24/h1-18,32H,19-22H2/q+1. The van der Waals surface area contributed by atoms with Gasteiger partial charge in [-0.2, -0.15) is 4.57 Å². The van der Waals surface area contributed by atoms with E-state index in [1.54, 1.807) is 11.8 Å². The van der Waals surface area contributed by atoms with E-state index >= 15 is 0 Å². The van der Waals surface area contributed by atoms with Gasteiger partial charge in [0, 0.05) is 17.0 Å². The van der Waals surface area contributed by atoms with Crippen LogP contribution in [-0.4, -0.2) is 24.9 Å². The van der Waals surface area contributed by atoms with Crippen molar-refractivity contribution >= 4 is 34.4 Å². The maximum atomic E-state index is 9.38. The maximum Gasteiger partial charge on any atom is 0.213 e. The Labute approximate surface area is 204 Å². The van der Waals surface area contributed by atoms with Gasteiger partial charge in [0.1, 0.15) is 19.0 Å². The zero-order valence-corrected chi connectivity index (χ0v) is 19.7. The van der Waals surface area contributed by atoms with Gasteiger partial charge in [-0.25, -0.2) is 0 Å². The molecule has 0 amide bonds. The van der Waals surface area contributed by atoms with Gasteiger partial charge in [0.2, 0.25) is 5.52 Å².